The van der Waals surface area contributed by atoms with E-state index in [1.807, 2.05) is 6.07 Å². The van der Waals surface area contributed by atoms with Crippen LogP contribution in [0.1, 0.15) is 43.2 Å². The fourth-order valence-electron chi connectivity index (χ4n) is 5.24. The lowest BCUT2D eigenvalue weighted by Crippen LogP contribution is -2.42. The first-order chi connectivity index (χ1) is 15.8. The number of rotatable bonds is 9. The molecule has 0 aliphatic carbocycles. The fraction of sp³-hybridized carbons (Fsp3) is 0.536. The Balaban J connectivity index is 1.24. The maximum absolute atomic E-state index is 13.3. The molecule has 4 nitrogen and oxygen atoms in total. The van der Waals surface area contributed by atoms with Crippen molar-refractivity contribution >= 4 is 5.91 Å². The molecule has 0 unspecified atom stereocenters. The smallest absolute Gasteiger partial charge is 0.226 e. The Morgan fingerprint density at radius 3 is 2.16 bits per heavy atom. The van der Waals surface area contributed by atoms with Crippen LogP contribution in [-0.4, -0.2) is 55.0 Å². The van der Waals surface area contributed by atoms with Crippen molar-refractivity contribution in [2.75, 3.05) is 39.3 Å². The summed E-state index contributed by atoms with van der Waals surface area (Å²) in [6, 6.07) is 21.4. The van der Waals surface area contributed by atoms with E-state index in [1.165, 1.54) is 43.5 Å². The summed E-state index contributed by atoms with van der Waals surface area (Å²) in [5.41, 5.74) is 2.70. The Kier molecular flexibility index (Phi) is 8.75. The average Bonchev–Trinajstić information content (AvgIpc) is 2.86. The zero-order valence-corrected chi connectivity index (χ0v) is 19.4. The number of nitrogens with one attached hydrogen (secondary N) is 1. The van der Waals surface area contributed by atoms with Gasteiger partial charge in [0, 0.05) is 19.0 Å². The lowest BCUT2D eigenvalue weighted by atomic mass is 9.90. The van der Waals surface area contributed by atoms with Gasteiger partial charge >= 0.3 is 0 Å². The van der Waals surface area contributed by atoms with Crippen molar-refractivity contribution in [3.05, 3.63) is 71.8 Å². The molecule has 2 aliphatic heterocycles. The molecule has 0 spiro atoms. The van der Waals surface area contributed by atoms with Gasteiger partial charge in [0.1, 0.15) is 0 Å². The zero-order valence-electron chi connectivity index (χ0n) is 19.4. The lowest BCUT2D eigenvalue weighted by molar-refractivity contribution is -0.137. The van der Waals surface area contributed by atoms with Crippen LogP contribution in [0.15, 0.2) is 60.7 Å². The molecule has 0 aromatic heterocycles. The summed E-state index contributed by atoms with van der Waals surface area (Å²) >= 11 is 0. The molecule has 32 heavy (non-hydrogen) atoms. The van der Waals surface area contributed by atoms with E-state index < -0.39 is 0 Å². The van der Waals surface area contributed by atoms with Gasteiger partial charge in [-0.3, -0.25) is 4.79 Å². The van der Waals surface area contributed by atoms with Gasteiger partial charge < -0.3 is 15.1 Å². The molecule has 2 aliphatic rings. The minimum absolute atomic E-state index is 0.189. The van der Waals surface area contributed by atoms with Crippen molar-refractivity contribution in [1.82, 2.24) is 15.1 Å². The van der Waals surface area contributed by atoms with Gasteiger partial charge in [-0.1, -0.05) is 60.7 Å². The quantitative estimate of drug-likeness (QED) is 0.638. The highest BCUT2D eigenvalue weighted by Gasteiger charge is 2.26. The van der Waals surface area contributed by atoms with Crippen LogP contribution in [0.3, 0.4) is 0 Å². The number of benzene rings is 2. The summed E-state index contributed by atoms with van der Waals surface area (Å²) in [7, 11) is 0. The molecule has 0 bridgehead atoms. The van der Waals surface area contributed by atoms with Gasteiger partial charge in [-0.2, -0.15) is 0 Å². The normalized spacial score (nSPS) is 18.5. The third-order valence-electron chi connectivity index (χ3n) is 7.19. The van der Waals surface area contributed by atoms with Gasteiger partial charge in [0.2, 0.25) is 5.91 Å². The Morgan fingerprint density at radius 1 is 0.875 bits per heavy atom. The third-order valence-corrected chi connectivity index (χ3v) is 7.19. The monoisotopic (exact) mass is 433 g/mol. The van der Waals surface area contributed by atoms with Gasteiger partial charge in [-0.25, -0.2) is 0 Å². The van der Waals surface area contributed by atoms with E-state index in [-0.39, 0.29) is 5.92 Å². The van der Waals surface area contributed by atoms with E-state index in [0.717, 1.165) is 57.9 Å². The summed E-state index contributed by atoms with van der Waals surface area (Å²) < 4.78 is 0. The number of piperidine rings is 2. The Bertz CT molecular complexity index is 796. The van der Waals surface area contributed by atoms with Crippen LogP contribution in [0.2, 0.25) is 0 Å². The number of carbonyl (C=O) groups is 1. The van der Waals surface area contributed by atoms with E-state index in [1.54, 1.807) is 0 Å². The molecule has 4 rings (SSSR count). The van der Waals surface area contributed by atoms with Crippen LogP contribution in [-0.2, 0) is 17.8 Å². The minimum Gasteiger partial charge on any atom is -0.338 e. The van der Waals surface area contributed by atoms with Gasteiger partial charge in [-0.15, -0.1) is 0 Å². The standard InChI is InChI=1S/C28H39N3O/c32-28(27-12-16-29-17-13-27)31(23-26-10-5-2-6-11-26)19-7-18-30-20-14-25(15-21-30)22-24-8-3-1-4-9-24/h1-6,8-11,25,27,29H,7,12-23H2. The Morgan fingerprint density at radius 2 is 1.50 bits per heavy atom. The maximum atomic E-state index is 13.3. The van der Waals surface area contributed by atoms with Crippen molar-refractivity contribution in [3.63, 3.8) is 0 Å². The summed E-state index contributed by atoms with van der Waals surface area (Å²) in [5, 5.41) is 3.39. The second kappa shape index (κ2) is 12.2. The predicted molar refractivity (Wildman–Crippen MR) is 131 cm³/mol. The number of amides is 1. The molecule has 172 valence electrons. The topological polar surface area (TPSA) is 35.6 Å². The SMILES string of the molecule is O=C(C1CCNCC1)N(CCCN1CCC(Cc2ccccc2)CC1)Cc1ccccc1. The second-order valence-electron chi connectivity index (χ2n) is 9.60. The van der Waals surface area contributed by atoms with Crippen LogP contribution in [0, 0.1) is 11.8 Å². The van der Waals surface area contributed by atoms with E-state index in [4.69, 9.17) is 0 Å². The maximum Gasteiger partial charge on any atom is 0.226 e. The first-order valence-corrected chi connectivity index (χ1v) is 12.6. The number of nitrogens with zero attached hydrogens (tertiary/aromatic N) is 2. The molecule has 2 aromatic rings. The largest absolute Gasteiger partial charge is 0.338 e. The van der Waals surface area contributed by atoms with E-state index >= 15 is 0 Å². The molecule has 0 atom stereocenters. The van der Waals surface area contributed by atoms with Crippen molar-refractivity contribution < 1.29 is 4.79 Å². The molecular formula is C28H39N3O. The van der Waals surface area contributed by atoms with Crippen LogP contribution in [0.5, 0.6) is 0 Å². The zero-order chi connectivity index (χ0) is 22.0. The molecule has 2 fully saturated rings. The van der Waals surface area contributed by atoms with E-state index in [2.05, 4.69) is 69.7 Å². The van der Waals surface area contributed by atoms with Crippen LogP contribution in [0.25, 0.3) is 0 Å². The van der Waals surface area contributed by atoms with Crippen molar-refractivity contribution in [2.45, 2.75) is 45.1 Å². The highest BCUT2D eigenvalue weighted by atomic mass is 16.2. The summed E-state index contributed by atoms with van der Waals surface area (Å²) in [4.78, 5) is 18.0. The van der Waals surface area contributed by atoms with Gasteiger partial charge in [0.25, 0.3) is 0 Å². The number of carbonyl (C=O) groups excluding carboxylic acids is 1. The molecule has 0 radical (unpaired) electrons. The first-order valence-electron chi connectivity index (χ1n) is 12.6. The molecule has 1 amide bonds. The van der Waals surface area contributed by atoms with Crippen LogP contribution >= 0.6 is 0 Å². The number of hydrogen-bond donors (Lipinski definition) is 1. The molecule has 2 aromatic carbocycles. The van der Waals surface area contributed by atoms with Crippen molar-refractivity contribution in [2.24, 2.45) is 11.8 Å². The highest BCUT2D eigenvalue weighted by Crippen LogP contribution is 2.22. The van der Waals surface area contributed by atoms with Crippen LogP contribution in [0.4, 0.5) is 0 Å². The summed E-state index contributed by atoms with van der Waals surface area (Å²) in [6.07, 6.45) is 6.79. The molecular weight excluding hydrogens is 394 g/mol. The molecule has 0 saturated carbocycles. The number of hydrogen-bond acceptors (Lipinski definition) is 3. The summed E-state index contributed by atoms with van der Waals surface area (Å²) in [5.74, 6) is 1.36. The molecule has 2 heterocycles. The Hall–Kier alpha value is -2.17. The van der Waals surface area contributed by atoms with Crippen molar-refractivity contribution in [3.8, 4) is 0 Å². The summed E-state index contributed by atoms with van der Waals surface area (Å²) in [6.45, 7) is 7.02. The average molecular weight is 434 g/mol. The minimum atomic E-state index is 0.189. The fourth-order valence-corrected chi connectivity index (χ4v) is 5.24. The van der Waals surface area contributed by atoms with E-state index in [9.17, 15) is 4.79 Å². The highest BCUT2D eigenvalue weighted by molar-refractivity contribution is 5.79. The van der Waals surface area contributed by atoms with Gasteiger partial charge in [0.15, 0.2) is 0 Å². The molecule has 2 saturated heterocycles. The third kappa shape index (κ3) is 6.91. The van der Waals surface area contributed by atoms with E-state index in [0.29, 0.717) is 5.91 Å². The number of likely N-dealkylation sites (tertiary alicyclic amines) is 1. The van der Waals surface area contributed by atoms with Crippen molar-refractivity contribution in [1.29, 1.82) is 0 Å². The predicted octanol–water partition coefficient (Wildman–Crippen LogP) is 4.36. The molecule has 4 heteroatoms. The van der Waals surface area contributed by atoms with Gasteiger partial charge in [-0.05, 0) is 88.3 Å². The molecule has 1 N–H and O–H groups in total. The van der Waals surface area contributed by atoms with Crippen LogP contribution < -0.4 is 5.32 Å². The second-order valence-corrected chi connectivity index (χ2v) is 9.60. The Labute approximate surface area is 194 Å². The lowest BCUT2D eigenvalue weighted by Gasteiger charge is -2.33. The first kappa shape index (κ1) is 23.0. The van der Waals surface area contributed by atoms with Gasteiger partial charge in [0.05, 0.1) is 0 Å².